The first kappa shape index (κ1) is 12.3. The van der Waals surface area contributed by atoms with Crippen LogP contribution in [0.15, 0.2) is 10.9 Å². The first-order chi connectivity index (χ1) is 8.91. The van der Waals surface area contributed by atoms with Crippen molar-refractivity contribution in [3.05, 3.63) is 33.4 Å². The van der Waals surface area contributed by atoms with E-state index < -0.39 is 5.92 Å². The van der Waals surface area contributed by atoms with Crippen molar-refractivity contribution in [1.29, 1.82) is 0 Å². The number of aromatic nitrogens is 3. The smallest absolute Gasteiger partial charge is 0.274 e. The molecule has 4 nitrogen and oxygen atoms in total. The summed E-state index contributed by atoms with van der Waals surface area (Å²) in [6.07, 6.45) is 0.256. The van der Waals surface area contributed by atoms with Gasteiger partial charge in [-0.3, -0.25) is 9.89 Å². The van der Waals surface area contributed by atoms with E-state index in [-0.39, 0.29) is 24.3 Å². The molecule has 1 N–H and O–H groups in total. The zero-order chi connectivity index (χ0) is 13.8. The van der Waals surface area contributed by atoms with Gasteiger partial charge in [0.2, 0.25) is 5.92 Å². The lowest BCUT2D eigenvalue weighted by Crippen LogP contribution is -2.34. The van der Waals surface area contributed by atoms with Gasteiger partial charge < -0.3 is 0 Å². The minimum absolute atomic E-state index is 0.137. The lowest BCUT2D eigenvalue weighted by Gasteiger charge is -2.33. The molecule has 1 aliphatic rings. The van der Waals surface area contributed by atoms with Crippen LogP contribution in [0.2, 0.25) is 0 Å². The average Bonchev–Trinajstić information content (AvgIpc) is 2.70. The second-order valence-electron chi connectivity index (χ2n) is 5.23. The van der Waals surface area contributed by atoms with Crippen LogP contribution < -0.4 is 5.56 Å². The average molecular weight is 267 g/mol. The summed E-state index contributed by atoms with van der Waals surface area (Å²) in [4.78, 5) is 16.5. The molecule has 2 aromatic heterocycles. The highest BCUT2D eigenvalue weighted by Crippen LogP contribution is 2.47. The van der Waals surface area contributed by atoms with E-state index in [1.807, 2.05) is 19.9 Å². The zero-order valence-electron chi connectivity index (χ0n) is 10.8. The Morgan fingerprint density at radius 1 is 1.53 bits per heavy atom. The molecule has 0 aromatic carbocycles. The summed E-state index contributed by atoms with van der Waals surface area (Å²) in [5, 5.41) is 2.87. The molecule has 19 heavy (non-hydrogen) atoms. The maximum absolute atomic E-state index is 12.9. The van der Waals surface area contributed by atoms with E-state index in [9.17, 15) is 13.6 Å². The van der Waals surface area contributed by atoms with Crippen molar-refractivity contribution in [2.24, 2.45) is 0 Å². The highest BCUT2D eigenvalue weighted by molar-refractivity contribution is 5.44. The van der Waals surface area contributed by atoms with Crippen LogP contribution in [-0.4, -0.2) is 20.5 Å². The van der Waals surface area contributed by atoms with Crippen molar-refractivity contribution >= 4 is 5.65 Å². The van der Waals surface area contributed by atoms with Crippen LogP contribution in [-0.2, 0) is 6.42 Å². The van der Waals surface area contributed by atoms with Crippen molar-refractivity contribution in [2.75, 3.05) is 0 Å². The molecule has 0 atom stereocenters. The maximum atomic E-state index is 12.9. The number of rotatable bonds is 2. The van der Waals surface area contributed by atoms with Crippen LogP contribution >= 0.6 is 0 Å². The Kier molecular flexibility index (Phi) is 2.52. The number of nitrogens with zero attached hydrogens (tertiary/aromatic N) is 2. The molecule has 2 heterocycles. The fraction of sp³-hybridized carbons (Fsp3) is 0.538. The third-order valence-electron chi connectivity index (χ3n) is 3.80. The summed E-state index contributed by atoms with van der Waals surface area (Å²) < 4.78 is 27.1. The number of hydrogen-bond donors (Lipinski definition) is 1. The molecule has 2 aromatic rings. The number of aromatic amines is 1. The van der Waals surface area contributed by atoms with Gasteiger partial charge in [-0.1, -0.05) is 6.92 Å². The Morgan fingerprint density at radius 2 is 2.21 bits per heavy atom. The van der Waals surface area contributed by atoms with Crippen molar-refractivity contribution in [2.45, 2.75) is 45.0 Å². The molecule has 0 unspecified atom stereocenters. The minimum atomic E-state index is -2.58. The van der Waals surface area contributed by atoms with Gasteiger partial charge in [0.25, 0.3) is 5.56 Å². The lowest BCUT2D eigenvalue weighted by molar-refractivity contribution is -0.0884. The van der Waals surface area contributed by atoms with E-state index in [1.165, 1.54) is 4.52 Å². The zero-order valence-corrected chi connectivity index (χ0v) is 10.8. The molecule has 0 radical (unpaired) electrons. The van der Waals surface area contributed by atoms with Crippen LogP contribution in [0.1, 0.15) is 42.6 Å². The lowest BCUT2D eigenvalue weighted by atomic mass is 9.81. The number of H-pyrrole nitrogens is 1. The Balaban J connectivity index is 2.07. The van der Waals surface area contributed by atoms with E-state index in [1.54, 1.807) is 0 Å². The number of nitrogens with one attached hydrogen (secondary N) is 1. The highest BCUT2D eigenvalue weighted by Gasteiger charge is 2.47. The van der Waals surface area contributed by atoms with E-state index in [4.69, 9.17) is 0 Å². The number of alkyl halides is 2. The summed E-state index contributed by atoms with van der Waals surface area (Å²) in [6.45, 7) is 3.78. The van der Waals surface area contributed by atoms with Gasteiger partial charge in [0.15, 0.2) is 5.65 Å². The molecule has 1 aliphatic carbocycles. The van der Waals surface area contributed by atoms with E-state index >= 15 is 0 Å². The second kappa shape index (κ2) is 3.88. The monoisotopic (exact) mass is 267 g/mol. The molecule has 0 spiro atoms. The van der Waals surface area contributed by atoms with Crippen LogP contribution in [0.3, 0.4) is 0 Å². The van der Waals surface area contributed by atoms with Gasteiger partial charge >= 0.3 is 0 Å². The van der Waals surface area contributed by atoms with Gasteiger partial charge in [-0.2, -0.15) is 4.52 Å². The fourth-order valence-electron chi connectivity index (χ4n) is 2.67. The van der Waals surface area contributed by atoms with E-state index in [2.05, 4.69) is 10.1 Å². The number of halogens is 2. The molecule has 3 rings (SSSR count). The Morgan fingerprint density at radius 3 is 2.79 bits per heavy atom. The molecule has 0 amide bonds. The molecular formula is C13H15F2N3O. The van der Waals surface area contributed by atoms with Gasteiger partial charge in [0.05, 0.1) is 0 Å². The number of pyridine rings is 1. The van der Waals surface area contributed by atoms with Crippen molar-refractivity contribution in [1.82, 2.24) is 14.6 Å². The fourth-order valence-corrected chi connectivity index (χ4v) is 2.67. The highest BCUT2D eigenvalue weighted by atomic mass is 19.3. The minimum Gasteiger partial charge on any atom is -0.276 e. The molecule has 0 saturated heterocycles. The molecular weight excluding hydrogens is 252 g/mol. The van der Waals surface area contributed by atoms with E-state index in [0.717, 1.165) is 11.1 Å². The summed E-state index contributed by atoms with van der Waals surface area (Å²) in [5.74, 6) is -2.38. The summed E-state index contributed by atoms with van der Waals surface area (Å²) >= 11 is 0. The van der Waals surface area contributed by atoms with E-state index in [0.29, 0.717) is 17.9 Å². The summed E-state index contributed by atoms with van der Waals surface area (Å²) in [7, 11) is 0. The third kappa shape index (κ3) is 1.86. The third-order valence-corrected chi connectivity index (χ3v) is 3.80. The normalized spacial score (nSPS) is 18.7. The summed E-state index contributed by atoms with van der Waals surface area (Å²) in [5.41, 5.74) is 1.99. The second-order valence-corrected chi connectivity index (χ2v) is 5.23. The van der Waals surface area contributed by atoms with Crippen LogP contribution in [0, 0.1) is 6.92 Å². The number of hydrogen-bond acceptors (Lipinski definition) is 2. The molecule has 1 fully saturated rings. The van der Waals surface area contributed by atoms with Crippen LogP contribution in [0.4, 0.5) is 8.78 Å². The van der Waals surface area contributed by atoms with Crippen LogP contribution in [0.5, 0.6) is 0 Å². The molecule has 0 bridgehead atoms. The standard InChI is InChI=1S/C13H15F2N3O/c1-3-9-7(2)4-10-16-11(17-18(10)12(9)19)8-5-13(14,15)6-8/h4,8H,3,5-6H2,1-2H3,(H,16,17). The van der Waals surface area contributed by atoms with Crippen LogP contribution in [0.25, 0.3) is 5.65 Å². The first-order valence-corrected chi connectivity index (χ1v) is 6.40. The quantitative estimate of drug-likeness (QED) is 0.908. The predicted molar refractivity (Wildman–Crippen MR) is 66.8 cm³/mol. The number of aryl methyl sites for hydroxylation is 1. The summed E-state index contributed by atoms with van der Waals surface area (Å²) in [6, 6.07) is 1.82. The first-order valence-electron chi connectivity index (χ1n) is 6.40. The number of fused-ring (bicyclic) bond motifs is 1. The largest absolute Gasteiger partial charge is 0.276 e. The molecule has 102 valence electrons. The molecule has 0 aliphatic heterocycles. The van der Waals surface area contributed by atoms with Crippen molar-refractivity contribution < 1.29 is 8.78 Å². The Hall–Kier alpha value is -1.72. The molecule has 1 saturated carbocycles. The van der Waals surface area contributed by atoms with Gasteiger partial charge in [-0.25, -0.2) is 13.8 Å². The van der Waals surface area contributed by atoms with Crippen molar-refractivity contribution in [3.63, 3.8) is 0 Å². The topological polar surface area (TPSA) is 50.2 Å². The van der Waals surface area contributed by atoms with Gasteiger partial charge in [-0.15, -0.1) is 0 Å². The van der Waals surface area contributed by atoms with Gasteiger partial charge in [0, 0.05) is 24.3 Å². The van der Waals surface area contributed by atoms with Crippen molar-refractivity contribution in [3.8, 4) is 0 Å². The Bertz CT molecular complexity index is 694. The maximum Gasteiger partial charge on any atom is 0.274 e. The van der Waals surface area contributed by atoms with Gasteiger partial charge in [-0.05, 0) is 25.0 Å². The van der Waals surface area contributed by atoms with Gasteiger partial charge in [0.1, 0.15) is 5.82 Å². The SMILES string of the molecule is CCc1c(C)cc2nc(C3CC(F)(F)C3)[nH]n2c1=O. The molecule has 6 heteroatoms. The predicted octanol–water partition coefficient (Wildman–Crippen LogP) is 2.41. The Labute approximate surface area is 108 Å².